The summed E-state index contributed by atoms with van der Waals surface area (Å²) in [4.78, 5) is 4.47. The zero-order valence-electron chi connectivity index (χ0n) is 11.9. The van der Waals surface area contributed by atoms with Gasteiger partial charge in [0, 0.05) is 6.21 Å². The van der Waals surface area contributed by atoms with Gasteiger partial charge < -0.3 is 0 Å². The fourth-order valence-electron chi connectivity index (χ4n) is 2.27. The second kappa shape index (κ2) is 6.86. The lowest BCUT2D eigenvalue weighted by molar-refractivity contribution is 0.443. The minimum atomic E-state index is -0.318. The van der Waals surface area contributed by atoms with Gasteiger partial charge in [-0.05, 0) is 24.5 Å². The standard InChI is InChI=1S/C18H20N2/c1-2-3-11-18(15-19)12-9-17(10-13-18)20-14-16-7-5-4-6-8-16/h4-10,12,14H,2-3,11,13H2,1H3. The summed E-state index contributed by atoms with van der Waals surface area (Å²) in [5.41, 5.74) is 1.71. The van der Waals surface area contributed by atoms with E-state index >= 15 is 0 Å². The van der Waals surface area contributed by atoms with E-state index in [1.165, 1.54) is 0 Å². The summed E-state index contributed by atoms with van der Waals surface area (Å²) in [7, 11) is 0. The lowest BCUT2D eigenvalue weighted by Gasteiger charge is -2.23. The average Bonchev–Trinajstić information content (AvgIpc) is 2.53. The molecule has 0 aromatic heterocycles. The second-order valence-corrected chi connectivity index (χ2v) is 5.21. The molecule has 0 aliphatic heterocycles. The van der Waals surface area contributed by atoms with Crippen molar-refractivity contribution in [3.05, 3.63) is 59.8 Å². The van der Waals surface area contributed by atoms with E-state index in [0.717, 1.165) is 36.9 Å². The third-order valence-corrected chi connectivity index (χ3v) is 3.61. The van der Waals surface area contributed by atoms with Crippen molar-refractivity contribution in [1.82, 2.24) is 0 Å². The van der Waals surface area contributed by atoms with Gasteiger partial charge in [-0.1, -0.05) is 62.2 Å². The second-order valence-electron chi connectivity index (χ2n) is 5.21. The largest absolute Gasteiger partial charge is 0.257 e. The van der Waals surface area contributed by atoms with E-state index in [1.54, 1.807) is 0 Å². The van der Waals surface area contributed by atoms with Gasteiger partial charge in [-0.25, -0.2) is 0 Å². The molecule has 20 heavy (non-hydrogen) atoms. The van der Waals surface area contributed by atoms with Gasteiger partial charge in [0.1, 0.15) is 0 Å². The molecule has 2 nitrogen and oxygen atoms in total. The molecule has 0 saturated carbocycles. The Balaban J connectivity index is 2.01. The van der Waals surface area contributed by atoms with Crippen LogP contribution in [0, 0.1) is 16.7 Å². The van der Waals surface area contributed by atoms with Crippen LogP contribution in [0.25, 0.3) is 0 Å². The minimum absolute atomic E-state index is 0.318. The Hall–Kier alpha value is -2.14. The van der Waals surface area contributed by atoms with Crippen LogP contribution in [-0.2, 0) is 0 Å². The highest BCUT2D eigenvalue weighted by Gasteiger charge is 2.27. The molecule has 0 fully saturated rings. The number of allylic oxidation sites excluding steroid dienone is 3. The highest BCUT2D eigenvalue weighted by molar-refractivity contribution is 5.80. The average molecular weight is 264 g/mol. The summed E-state index contributed by atoms with van der Waals surface area (Å²) in [6.07, 6.45) is 11.8. The van der Waals surface area contributed by atoms with E-state index in [4.69, 9.17) is 0 Å². The number of unbranched alkanes of at least 4 members (excludes halogenated alkanes) is 1. The minimum Gasteiger partial charge on any atom is -0.257 e. The Labute approximate surface area is 121 Å². The fraction of sp³-hybridized carbons (Fsp3) is 0.333. The van der Waals surface area contributed by atoms with E-state index in [0.29, 0.717) is 0 Å². The van der Waals surface area contributed by atoms with Crippen LogP contribution in [0.15, 0.2) is 59.2 Å². The smallest absolute Gasteiger partial charge is 0.0792 e. The van der Waals surface area contributed by atoms with Gasteiger partial charge in [-0.2, -0.15) is 5.26 Å². The number of nitriles is 1. The maximum absolute atomic E-state index is 9.39. The van der Waals surface area contributed by atoms with Crippen LogP contribution in [-0.4, -0.2) is 6.21 Å². The van der Waals surface area contributed by atoms with Gasteiger partial charge in [0.15, 0.2) is 0 Å². The summed E-state index contributed by atoms with van der Waals surface area (Å²) in [6.45, 7) is 2.16. The maximum Gasteiger partial charge on any atom is 0.0792 e. The molecule has 1 aliphatic rings. The van der Waals surface area contributed by atoms with Gasteiger partial charge in [-0.3, -0.25) is 4.99 Å². The van der Waals surface area contributed by atoms with Crippen molar-refractivity contribution in [3.8, 4) is 6.07 Å². The van der Waals surface area contributed by atoms with Crippen LogP contribution in [0.2, 0.25) is 0 Å². The molecule has 0 bridgehead atoms. The molecule has 0 spiro atoms. The summed E-state index contributed by atoms with van der Waals surface area (Å²) in [5, 5.41) is 9.39. The van der Waals surface area contributed by atoms with Crippen molar-refractivity contribution in [3.63, 3.8) is 0 Å². The van der Waals surface area contributed by atoms with Crippen molar-refractivity contribution in [2.24, 2.45) is 10.4 Å². The van der Waals surface area contributed by atoms with E-state index in [9.17, 15) is 5.26 Å². The van der Waals surface area contributed by atoms with Crippen LogP contribution in [0.4, 0.5) is 0 Å². The quantitative estimate of drug-likeness (QED) is 0.713. The van der Waals surface area contributed by atoms with Crippen molar-refractivity contribution in [2.45, 2.75) is 32.6 Å². The van der Waals surface area contributed by atoms with E-state index in [1.807, 2.05) is 48.7 Å². The first kappa shape index (κ1) is 14.3. The molecule has 0 radical (unpaired) electrons. The number of hydrogen-bond acceptors (Lipinski definition) is 2. The van der Waals surface area contributed by atoms with Gasteiger partial charge in [0.2, 0.25) is 0 Å². The molecule has 0 amide bonds. The van der Waals surface area contributed by atoms with Gasteiger partial charge >= 0.3 is 0 Å². The molecular formula is C18H20N2. The molecule has 0 N–H and O–H groups in total. The zero-order valence-corrected chi connectivity index (χ0v) is 11.9. The number of benzene rings is 1. The topological polar surface area (TPSA) is 36.1 Å². The van der Waals surface area contributed by atoms with Crippen molar-refractivity contribution in [2.75, 3.05) is 0 Å². The summed E-state index contributed by atoms with van der Waals surface area (Å²) < 4.78 is 0. The molecule has 1 aromatic carbocycles. The van der Waals surface area contributed by atoms with Gasteiger partial charge in [0.05, 0.1) is 17.2 Å². The van der Waals surface area contributed by atoms with E-state index < -0.39 is 0 Å². The Morgan fingerprint density at radius 2 is 2.15 bits per heavy atom. The third-order valence-electron chi connectivity index (χ3n) is 3.61. The van der Waals surface area contributed by atoms with Crippen LogP contribution in [0.1, 0.15) is 38.2 Å². The highest BCUT2D eigenvalue weighted by atomic mass is 14.7. The molecule has 2 rings (SSSR count). The monoisotopic (exact) mass is 264 g/mol. The number of nitrogens with zero attached hydrogens (tertiary/aromatic N) is 2. The van der Waals surface area contributed by atoms with E-state index in [2.05, 4.69) is 24.1 Å². The van der Waals surface area contributed by atoms with Crippen molar-refractivity contribution >= 4 is 6.21 Å². The Morgan fingerprint density at radius 3 is 2.75 bits per heavy atom. The third kappa shape index (κ3) is 3.68. The van der Waals surface area contributed by atoms with Crippen molar-refractivity contribution < 1.29 is 0 Å². The van der Waals surface area contributed by atoms with Gasteiger partial charge in [-0.15, -0.1) is 0 Å². The van der Waals surface area contributed by atoms with Crippen LogP contribution >= 0.6 is 0 Å². The normalized spacial score (nSPS) is 21.7. The first-order valence-corrected chi connectivity index (χ1v) is 7.18. The first-order chi connectivity index (χ1) is 9.78. The maximum atomic E-state index is 9.39. The van der Waals surface area contributed by atoms with Gasteiger partial charge in [0.25, 0.3) is 0 Å². The molecule has 1 aromatic rings. The molecule has 0 saturated heterocycles. The Kier molecular flexibility index (Phi) is 4.90. The summed E-state index contributed by atoms with van der Waals surface area (Å²) >= 11 is 0. The fourth-order valence-corrected chi connectivity index (χ4v) is 2.27. The first-order valence-electron chi connectivity index (χ1n) is 7.18. The Morgan fingerprint density at radius 1 is 1.35 bits per heavy atom. The lowest BCUT2D eigenvalue weighted by atomic mass is 9.78. The molecule has 2 heteroatoms. The SMILES string of the molecule is CCCCC1(C#N)C=CC(N=Cc2ccccc2)=CC1. The summed E-state index contributed by atoms with van der Waals surface area (Å²) in [6, 6.07) is 12.5. The molecule has 0 heterocycles. The van der Waals surface area contributed by atoms with Crippen molar-refractivity contribution in [1.29, 1.82) is 5.26 Å². The molecule has 102 valence electrons. The zero-order chi connectivity index (χ0) is 14.3. The van der Waals surface area contributed by atoms with E-state index in [-0.39, 0.29) is 5.41 Å². The predicted octanol–water partition coefficient (Wildman–Crippen LogP) is 4.65. The van der Waals surface area contributed by atoms with Crippen LogP contribution in [0.5, 0.6) is 0 Å². The summed E-state index contributed by atoms with van der Waals surface area (Å²) in [5.74, 6) is 0. The highest BCUT2D eigenvalue weighted by Crippen LogP contribution is 2.34. The molecule has 1 unspecified atom stereocenters. The predicted molar refractivity (Wildman–Crippen MR) is 83.4 cm³/mol. The molecular weight excluding hydrogens is 244 g/mol. The van der Waals surface area contributed by atoms with Crippen LogP contribution in [0.3, 0.4) is 0 Å². The Bertz CT molecular complexity index is 561. The number of rotatable bonds is 5. The number of hydrogen-bond donors (Lipinski definition) is 0. The molecule has 1 aliphatic carbocycles. The molecule has 1 atom stereocenters. The lowest BCUT2D eigenvalue weighted by Crippen LogP contribution is -2.16. The van der Waals surface area contributed by atoms with Crippen LogP contribution < -0.4 is 0 Å². The number of aliphatic imine (C=N–C) groups is 1.